The summed E-state index contributed by atoms with van der Waals surface area (Å²) in [5.41, 5.74) is 0.951. The molecule has 1 rings (SSSR count). The lowest BCUT2D eigenvalue weighted by atomic mass is 10.2. The van der Waals surface area contributed by atoms with Crippen molar-refractivity contribution in [3.05, 3.63) is 23.9 Å². The molecule has 0 radical (unpaired) electrons. The maximum atomic E-state index is 12.2. The van der Waals surface area contributed by atoms with Crippen LogP contribution in [0.4, 0.5) is 0 Å². The summed E-state index contributed by atoms with van der Waals surface area (Å²) in [7, 11) is -2.06. The minimum Gasteiger partial charge on any atom is -0.383 e. The second-order valence-corrected chi connectivity index (χ2v) is 6.88. The van der Waals surface area contributed by atoms with Crippen LogP contribution < -0.4 is 10.0 Å². The molecule has 0 fully saturated rings. The molecule has 0 saturated carbocycles. The molecule has 0 amide bonds. The fourth-order valence-electron chi connectivity index (χ4n) is 1.71. The maximum Gasteiger partial charge on any atom is 0.258 e. The lowest BCUT2D eigenvalue weighted by molar-refractivity contribution is 0.173. The minimum atomic E-state index is -3.60. The molecule has 0 aliphatic rings. The number of hydrogen-bond donors (Lipinski definition) is 2. The zero-order valence-corrected chi connectivity index (χ0v) is 13.9. The van der Waals surface area contributed by atoms with Gasteiger partial charge in [-0.1, -0.05) is 26.8 Å². The molecule has 0 bridgehead atoms. The highest BCUT2D eigenvalue weighted by atomic mass is 32.2. The lowest BCUT2D eigenvalue weighted by Crippen LogP contribution is -2.37. The van der Waals surface area contributed by atoms with E-state index >= 15 is 0 Å². The van der Waals surface area contributed by atoms with E-state index in [1.54, 1.807) is 19.4 Å². The van der Waals surface area contributed by atoms with Crippen molar-refractivity contribution in [3.63, 3.8) is 0 Å². The van der Waals surface area contributed by atoms with Gasteiger partial charge in [-0.25, -0.2) is 18.1 Å². The van der Waals surface area contributed by atoms with Gasteiger partial charge in [0.15, 0.2) is 5.03 Å². The van der Waals surface area contributed by atoms with Crippen LogP contribution in [0.1, 0.15) is 32.8 Å². The van der Waals surface area contributed by atoms with Gasteiger partial charge >= 0.3 is 0 Å². The molecule has 1 aromatic rings. The van der Waals surface area contributed by atoms with Crippen molar-refractivity contribution in [2.24, 2.45) is 0 Å². The molecule has 0 aliphatic carbocycles. The molecule has 0 saturated heterocycles. The molecule has 0 aromatic carbocycles. The van der Waals surface area contributed by atoms with E-state index in [1.807, 2.05) is 6.92 Å². The number of methoxy groups -OCH3 is 1. The van der Waals surface area contributed by atoms with E-state index in [1.165, 1.54) is 6.07 Å². The number of sulfonamides is 1. The molecule has 1 heterocycles. The smallest absolute Gasteiger partial charge is 0.258 e. The van der Waals surface area contributed by atoms with Crippen molar-refractivity contribution in [1.82, 2.24) is 15.0 Å². The number of aromatic nitrogens is 1. The summed E-state index contributed by atoms with van der Waals surface area (Å²) in [5.74, 6) is 0. The molecule has 6 nitrogen and oxygen atoms in total. The van der Waals surface area contributed by atoms with Crippen LogP contribution in [-0.4, -0.2) is 39.2 Å². The minimum absolute atomic E-state index is 0.0327. The van der Waals surface area contributed by atoms with E-state index in [9.17, 15) is 8.42 Å². The van der Waals surface area contributed by atoms with Crippen LogP contribution in [-0.2, 0) is 21.3 Å². The predicted octanol–water partition coefficient (Wildman–Crippen LogP) is 1.28. The molecule has 120 valence electrons. The van der Waals surface area contributed by atoms with E-state index in [0.29, 0.717) is 25.6 Å². The van der Waals surface area contributed by atoms with Gasteiger partial charge in [-0.3, -0.25) is 0 Å². The Bertz CT molecular complexity index is 515. The van der Waals surface area contributed by atoms with Crippen molar-refractivity contribution >= 4 is 10.0 Å². The Labute approximate surface area is 127 Å². The Morgan fingerprint density at radius 3 is 2.52 bits per heavy atom. The van der Waals surface area contributed by atoms with Gasteiger partial charge in [-0.2, -0.15) is 0 Å². The summed E-state index contributed by atoms with van der Waals surface area (Å²) in [6.45, 7) is 7.01. The predicted molar refractivity (Wildman–Crippen MR) is 82.5 cm³/mol. The normalized spacial score (nSPS) is 13.6. The lowest BCUT2D eigenvalue weighted by Gasteiger charge is -2.15. The highest BCUT2D eigenvalue weighted by Crippen LogP contribution is 2.08. The molecule has 0 aliphatic heterocycles. The van der Waals surface area contributed by atoms with Crippen LogP contribution in [0.3, 0.4) is 0 Å². The van der Waals surface area contributed by atoms with Gasteiger partial charge in [0.05, 0.1) is 6.61 Å². The second-order valence-electron chi connectivity index (χ2n) is 5.22. The summed E-state index contributed by atoms with van der Waals surface area (Å²) >= 11 is 0. The number of ether oxygens (including phenoxy) is 1. The van der Waals surface area contributed by atoms with Crippen LogP contribution in [0.25, 0.3) is 0 Å². The van der Waals surface area contributed by atoms with E-state index in [0.717, 1.165) is 5.56 Å². The third kappa shape index (κ3) is 6.09. The van der Waals surface area contributed by atoms with Gasteiger partial charge in [0.1, 0.15) is 0 Å². The average Bonchev–Trinajstić information content (AvgIpc) is 2.45. The SMILES string of the molecule is CCC(COC)NS(=O)(=O)c1ccc(CNC(C)C)cn1. The first-order valence-electron chi connectivity index (χ1n) is 7.08. The van der Waals surface area contributed by atoms with Crippen molar-refractivity contribution in [3.8, 4) is 0 Å². The number of nitrogens with one attached hydrogen (secondary N) is 2. The zero-order valence-electron chi connectivity index (χ0n) is 13.1. The Morgan fingerprint density at radius 1 is 1.33 bits per heavy atom. The number of hydrogen-bond acceptors (Lipinski definition) is 5. The summed E-state index contributed by atoms with van der Waals surface area (Å²) in [6, 6.07) is 3.42. The third-order valence-corrected chi connectivity index (χ3v) is 4.41. The average molecular weight is 315 g/mol. The summed E-state index contributed by atoms with van der Waals surface area (Å²) in [6.07, 6.45) is 2.24. The first kappa shape index (κ1) is 18.0. The fraction of sp³-hybridized carbons (Fsp3) is 0.643. The Balaban J connectivity index is 2.75. The van der Waals surface area contributed by atoms with Crippen molar-refractivity contribution < 1.29 is 13.2 Å². The standard InChI is InChI=1S/C14H25N3O3S/c1-5-13(10-20-4)17-21(18,19)14-7-6-12(9-16-14)8-15-11(2)3/h6-7,9,11,13,15,17H,5,8,10H2,1-4H3. The number of nitrogens with zero attached hydrogens (tertiary/aromatic N) is 1. The summed E-state index contributed by atoms with van der Waals surface area (Å²) < 4.78 is 32.0. The van der Waals surface area contributed by atoms with Gasteiger partial charge < -0.3 is 10.1 Å². The first-order valence-corrected chi connectivity index (χ1v) is 8.57. The van der Waals surface area contributed by atoms with E-state index in [-0.39, 0.29) is 11.1 Å². The van der Waals surface area contributed by atoms with E-state index in [4.69, 9.17) is 4.74 Å². The highest BCUT2D eigenvalue weighted by Gasteiger charge is 2.20. The number of rotatable bonds is 9. The van der Waals surface area contributed by atoms with Crippen molar-refractivity contribution in [1.29, 1.82) is 0 Å². The fourth-order valence-corrected chi connectivity index (χ4v) is 2.95. The Hall–Kier alpha value is -1.02. The third-order valence-electron chi connectivity index (χ3n) is 2.97. The number of pyridine rings is 1. The van der Waals surface area contributed by atoms with Gasteiger partial charge in [-0.15, -0.1) is 0 Å². The van der Waals surface area contributed by atoms with Crippen LogP contribution >= 0.6 is 0 Å². The van der Waals surface area contributed by atoms with Gasteiger partial charge in [0.25, 0.3) is 10.0 Å². The maximum absolute atomic E-state index is 12.2. The molecule has 0 spiro atoms. The zero-order chi connectivity index (χ0) is 15.9. The molecular formula is C14H25N3O3S. The van der Waals surface area contributed by atoms with Crippen LogP contribution in [0.5, 0.6) is 0 Å². The quantitative estimate of drug-likeness (QED) is 0.717. The second kappa shape index (κ2) is 8.43. The molecule has 1 aromatic heterocycles. The summed E-state index contributed by atoms with van der Waals surface area (Å²) in [5, 5.41) is 3.29. The monoisotopic (exact) mass is 315 g/mol. The van der Waals surface area contributed by atoms with Crippen LogP contribution in [0, 0.1) is 0 Å². The molecular weight excluding hydrogens is 290 g/mol. The first-order chi connectivity index (χ1) is 9.89. The largest absolute Gasteiger partial charge is 0.383 e. The van der Waals surface area contributed by atoms with Gasteiger partial charge in [-0.05, 0) is 18.1 Å². The van der Waals surface area contributed by atoms with Gasteiger partial charge in [0, 0.05) is 31.9 Å². The molecule has 21 heavy (non-hydrogen) atoms. The van der Waals surface area contributed by atoms with E-state index < -0.39 is 10.0 Å². The molecule has 1 atom stereocenters. The summed E-state index contributed by atoms with van der Waals surface area (Å²) in [4.78, 5) is 4.04. The van der Waals surface area contributed by atoms with Crippen molar-refractivity contribution in [2.45, 2.75) is 50.8 Å². The topological polar surface area (TPSA) is 80.3 Å². The molecule has 2 N–H and O–H groups in total. The van der Waals surface area contributed by atoms with E-state index in [2.05, 4.69) is 28.9 Å². The van der Waals surface area contributed by atoms with Gasteiger partial charge in [0.2, 0.25) is 0 Å². The van der Waals surface area contributed by atoms with Crippen LogP contribution in [0.2, 0.25) is 0 Å². The molecule has 1 unspecified atom stereocenters. The van der Waals surface area contributed by atoms with Crippen molar-refractivity contribution in [2.75, 3.05) is 13.7 Å². The Morgan fingerprint density at radius 2 is 2.05 bits per heavy atom. The Kier molecular flexibility index (Phi) is 7.24. The molecule has 7 heteroatoms. The van der Waals surface area contributed by atoms with Crippen LogP contribution in [0.15, 0.2) is 23.4 Å². The highest BCUT2D eigenvalue weighted by molar-refractivity contribution is 7.89.